The number of carbonyl (C=O) groups excluding carboxylic acids is 1. The number of phenolic OH excluding ortho intramolecular Hbond substituents is 1. The summed E-state index contributed by atoms with van der Waals surface area (Å²) in [5.41, 5.74) is 3.56. The van der Waals surface area contributed by atoms with Crippen LogP contribution in [0.15, 0.2) is 71.7 Å². The van der Waals surface area contributed by atoms with Gasteiger partial charge in [0.1, 0.15) is 18.1 Å². The summed E-state index contributed by atoms with van der Waals surface area (Å²) in [5, 5.41) is 9.72. The van der Waals surface area contributed by atoms with Crippen LogP contribution in [0.3, 0.4) is 0 Å². The Bertz CT molecular complexity index is 1070. The number of aliphatic imine (C=N–C) groups is 1. The van der Waals surface area contributed by atoms with Gasteiger partial charge in [-0.1, -0.05) is 42.5 Å². The molecule has 0 spiro atoms. The average Bonchev–Trinajstić information content (AvgIpc) is 2.76. The molecular weight excluding hydrogens is 366 g/mol. The van der Waals surface area contributed by atoms with Crippen molar-refractivity contribution >= 4 is 11.5 Å². The number of methoxy groups -OCH3 is 1. The fourth-order valence-corrected chi connectivity index (χ4v) is 3.39. The highest BCUT2D eigenvalue weighted by atomic mass is 16.5. The van der Waals surface area contributed by atoms with Crippen molar-refractivity contribution in [3.63, 3.8) is 0 Å². The Morgan fingerprint density at radius 1 is 1.03 bits per heavy atom. The van der Waals surface area contributed by atoms with E-state index in [-0.39, 0.29) is 11.5 Å². The molecule has 0 aromatic heterocycles. The minimum Gasteiger partial charge on any atom is -0.508 e. The topological polar surface area (TPSA) is 68.1 Å². The third kappa shape index (κ3) is 3.99. The molecule has 0 bridgehead atoms. The van der Waals surface area contributed by atoms with Gasteiger partial charge in [-0.15, -0.1) is 0 Å². The molecule has 5 heteroatoms. The Labute approximate surface area is 169 Å². The largest absolute Gasteiger partial charge is 0.508 e. The van der Waals surface area contributed by atoms with Crippen molar-refractivity contribution in [3.8, 4) is 17.2 Å². The monoisotopic (exact) mass is 387 g/mol. The maximum atomic E-state index is 13.0. The first-order valence-electron chi connectivity index (χ1n) is 9.42. The second kappa shape index (κ2) is 8.19. The summed E-state index contributed by atoms with van der Waals surface area (Å²) in [6.07, 6.45) is 0.724. The number of phenols is 1. The summed E-state index contributed by atoms with van der Waals surface area (Å²) >= 11 is 0. The van der Waals surface area contributed by atoms with Crippen LogP contribution in [0.1, 0.15) is 27.0 Å². The number of aromatic hydroxyl groups is 1. The van der Waals surface area contributed by atoms with Crippen LogP contribution in [0.5, 0.6) is 17.2 Å². The zero-order valence-corrected chi connectivity index (χ0v) is 16.1. The molecule has 0 aliphatic carbocycles. The van der Waals surface area contributed by atoms with Gasteiger partial charge in [0.15, 0.2) is 11.5 Å². The van der Waals surface area contributed by atoms with Gasteiger partial charge in [0.25, 0.3) is 0 Å². The lowest BCUT2D eigenvalue weighted by Crippen LogP contribution is -2.22. The molecule has 1 heterocycles. The van der Waals surface area contributed by atoms with E-state index in [2.05, 4.69) is 4.99 Å². The number of benzene rings is 3. The van der Waals surface area contributed by atoms with Crippen molar-refractivity contribution < 1.29 is 19.4 Å². The van der Waals surface area contributed by atoms with Gasteiger partial charge in [0.2, 0.25) is 5.78 Å². The van der Waals surface area contributed by atoms with Crippen LogP contribution < -0.4 is 9.47 Å². The summed E-state index contributed by atoms with van der Waals surface area (Å²) in [4.78, 5) is 17.5. The van der Waals surface area contributed by atoms with Crippen molar-refractivity contribution in [1.82, 2.24) is 0 Å². The van der Waals surface area contributed by atoms with Gasteiger partial charge in [-0.25, -0.2) is 0 Å². The number of ketones is 1. The van der Waals surface area contributed by atoms with Gasteiger partial charge in [-0.05, 0) is 41.8 Å². The van der Waals surface area contributed by atoms with E-state index in [1.54, 1.807) is 19.2 Å². The SMILES string of the molecule is COc1cc2c(cc1OCc1ccccc1)C(C(=O)c1cccc(O)c1)=NCC2. The van der Waals surface area contributed by atoms with Gasteiger partial charge >= 0.3 is 0 Å². The predicted octanol–water partition coefficient (Wildman–Crippen LogP) is 4.21. The van der Waals surface area contributed by atoms with Gasteiger partial charge in [0, 0.05) is 17.7 Å². The fraction of sp³-hybridized carbons (Fsp3) is 0.167. The highest BCUT2D eigenvalue weighted by Crippen LogP contribution is 2.34. The third-order valence-corrected chi connectivity index (χ3v) is 4.86. The van der Waals surface area contributed by atoms with Gasteiger partial charge in [-0.2, -0.15) is 0 Å². The van der Waals surface area contributed by atoms with E-state index in [4.69, 9.17) is 9.47 Å². The molecule has 0 saturated carbocycles. The minimum absolute atomic E-state index is 0.0501. The number of ether oxygens (including phenoxy) is 2. The summed E-state index contributed by atoms with van der Waals surface area (Å²) < 4.78 is 11.5. The van der Waals surface area contributed by atoms with Crippen LogP contribution in [0.4, 0.5) is 0 Å². The molecule has 0 radical (unpaired) electrons. The molecule has 0 atom stereocenters. The molecule has 5 nitrogen and oxygen atoms in total. The van der Waals surface area contributed by atoms with E-state index < -0.39 is 0 Å². The molecule has 1 aliphatic heterocycles. The number of Topliss-reactive ketones (excluding diaryl/α,β-unsaturated/α-hetero) is 1. The van der Waals surface area contributed by atoms with Crippen molar-refractivity contribution in [2.45, 2.75) is 13.0 Å². The average molecular weight is 387 g/mol. The molecule has 0 unspecified atom stereocenters. The molecule has 4 rings (SSSR count). The lowest BCUT2D eigenvalue weighted by atomic mass is 9.92. The van der Waals surface area contributed by atoms with Gasteiger partial charge < -0.3 is 14.6 Å². The third-order valence-electron chi connectivity index (χ3n) is 4.86. The number of nitrogens with zero attached hydrogens (tertiary/aromatic N) is 1. The molecule has 0 saturated heterocycles. The molecule has 3 aromatic carbocycles. The van der Waals surface area contributed by atoms with E-state index in [1.165, 1.54) is 12.1 Å². The Kier molecular flexibility index (Phi) is 5.29. The Hall–Kier alpha value is -3.60. The Morgan fingerprint density at radius 2 is 1.86 bits per heavy atom. The second-order valence-corrected chi connectivity index (χ2v) is 6.79. The van der Waals surface area contributed by atoms with Crippen molar-refractivity contribution in [2.24, 2.45) is 4.99 Å². The first-order chi connectivity index (χ1) is 14.2. The van der Waals surface area contributed by atoms with Crippen LogP contribution in [-0.4, -0.2) is 30.3 Å². The van der Waals surface area contributed by atoms with E-state index >= 15 is 0 Å². The van der Waals surface area contributed by atoms with Gasteiger partial charge in [0.05, 0.1) is 7.11 Å². The molecule has 146 valence electrons. The zero-order chi connectivity index (χ0) is 20.2. The lowest BCUT2D eigenvalue weighted by Gasteiger charge is -2.20. The first kappa shape index (κ1) is 18.7. The highest BCUT2D eigenvalue weighted by Gasteiger charge is 2.24. The van der Waals surface area contributed by atoms with Crippen LogP contribution in [0, 0.1) is 0 Å². The maximum absolute atomic E-state index is 13.0. The van der Waals surface area contributed by atoms with Crippen LogP contribution in [0.2, 0.25) is 0 Å². The molecule has 29 heavy (non-hydrogen) atoms. The van der Waals surface area contributed by atoms with Crippen molar-refractivity contribution in [2.75, 3.05) is 13.7 Å². The zero-order valence-electron chi connectivity index (χ0n) is 16.1. The summed E-state index contributed by atoms with van der Waals surface area (Å²) in [6.45, 7) is 0.920. The van der Waals surface area contributed by atoms with Crippen LogP contribution >= 0.6 is 0 Å². The molecule has 1 aliphatic rings. The first-order valence-corrected chi connectivity index (χ1v) is 9.42. The lowest BCUT2D eigenvalue weighted by molar-refractivity contribution is 0.106. The van der Waals surface area contributed by atoms with Crippen molar-refractivity contribution in [1.29, 1.82) is 0 Å². The number of hydrogen-bond acceptors (Lipinski definition) is 5. The number of fused-ring (bicyclic) bond motifs is 1. The predicted molar refractivity (Wildman–Crippen MR) is 111 cm³/mol. The van der Waals surface area contributed by atoms with E-state index in [0.29, 0.717) is 35.9 Å². The minimum atomic E-state index is -0.221. The van der Waals surface area contributed by atoms with Crippen molar-refractivity contribution in [3.05, 3.63) is 89.0 Å². The summed E-state index contributed by atoms with van der Waals surface area (Å²) in [6, 6.07) is 19.9. The van der Waals surface area contributed by atoms with E-state index in [1.807, 2.05) is 42.5 Å². The van der Waals surface area contributed by atoms with E-state index in [9.17, 15) is 9.90 Å². The van der Waals surface area contributed by atoms with E-state index in [0.717, 1.165) is 23.1 Å². The van der Waals surface area contributed by atoms with Gasteiger partial charge in [-0.3, -0.25) is 9.79 Å². The Balaban J connectivity index is 1.67. The molecular formula is C24H21NO4. The summed E-state index contributed by atoms with van der Waals surface area (Å²) in [5.74, 6) is 1.02. The summed E-state index contributed by atoms with van der Waals surface area (Å²) in [7, 11) is 1.60. The Morgan fingerprint density at radius 3 is 2.62 bits per heavy atom. The molecule has 1 N–H and O–H groups in total. The fourth-order valence-electron chi connectivity index (χ4n) is 3.39. The maximum Gasteiger partial charge on any atom is 0.211 e. The van der Waals surface area contributed by atoms with Crippen LogP contribution in [0.25, 0.3) is 0 Å². The molecule has 0 amide bonds. The number of rotatable bonds is 6. The number of carbonyl (C=O) groups is 1. The van der Waals surface area contributed by atoms with Crippen LogP contribution in [-0.2, 0) is 13.0 Å². The highest BCUT2D eigenvalue weighted by molar-refractivity contribution is 6.52. The normalized spacial score (nSPS) is 12.7. The smallest absolute Gasteiger partial charge is 0.211 e. The molecule has 3 aromatic rings. The molecule has 0 fully saturated rings. The number of hydrogen-bond donors (Lipinski definition) is 1. The standard InChI is InChI=1S/C24H21NO4/c1-28-21-13-17-10-11-25-23(24(27)18-8-5-9-19(26)12-18)20(17)14-22(21)29-15-16-6-3-2-4-7-16/h2-9,12-14,26H,10-11,15H2,1H3. The quantitative estimate of drug-likeness (QED) is 0.644. The second-order valence-electron chi connectivity index (χ2n) is 6.79.